The fraction of sp³-hybridized carbons (Fsp3) is 0.333. The molecule has 4 heterocycles. The second-order valence-electron chi connectivity index (χ2n) is 10.1. The van der Waals surface area contributed by atoms with Gasteiger partial charge in [-0.05, 0) is 70.8 Å². The average Bonchev–Trinajstić information content (AvgIpc) is 3.48. The van der Waals surface area contributed by atoms with Gasteiger partial charge in [-0.15, -0.1) is 5.10 Å². The van der Waals surface area contributed by atoms with Gasteiger partial charge in [0.25, 0.3) is 0 Å². The van der Waals surface area contributed by atoms with E-state index < -0.39 is 0 Å². The van der Waals surface area contributed by atoms with E-state index in [1.165, 1.54) is 56.4 Å². The van der Waals surface area contributed by atoms with Crippen LogP contribution in [-0.4, -0.2) is 37.9 Å². The maximum atomic E-state index is 9.11. The first-order valence-corrected chi connectivity index (χ1v) is 12.1. The third kappa shape index (κ3) is 2.98. The average molecular weight is 448 g/mol. The van der Waals surface area contributed by atoms with E-state index in [2.05, 4.69) is 61.5 Å². The van der Waals surface area contributed by atoms with Crippen LogP contribution in [0, 0.1) is 16.7 Å². The van der Waals surface area contributed by atoms with Crippen LogP contribution in [0.3, 0.4) is 0 Å². The van der Waals surface area contributed by atoms with Crippen molar-refractivity contribution in [2.45, 2.75) is 38.6 Å². The second kappa shape index (κ2) is 7.29. The fourth-order valence-electron chi connectivity index (χ4n) is 6.08. The summed E-state index contributed by atoms with van der Waals surface area (Å²) in [6.07, 6.45) is 9.10. The van der Waals surface area contributed by atoms with Gasteiger partial charge in [0.05, 0.1) is 23.0 Å². The lowest BCUT2D eigenvalue weighted by molar-refractivity contribution is 0.139. The molecule has 0 bridgehead atoms. The van der Waals surface area contributed by atoms with E-state index in [1.807, 2.05) is 28.9 Å². The third-order valence-electron chi connectivity index (χ3n) is 7.91. The molecule has 2 aliphatic heterocycles. The summed E-state index contributed by atoms with van der Waals surface area (Å²) in [5.41, 5.74) is 7.94. The molecule has 1 spiro atoms. The molecule has 0 N–H and O–H groups in total. The number of rotatable bonds is 2. The largest absolute Gasteiger partial charge is 0.370 e. The Hall–Kier alpha value is -3.92. The predicted molar refractivity (Wildman–Crippen MR) is 130 cm³/mol. The minimum Gasteiger partial charge on any atom is -0.370 e. The van der Waals surface area contributed by atoms with Gasteiger partial charge >= 0.3 is 0 Å². The Balaban J connectivity index is 1.24. The zero-order valence-corrected chi connectivity index (χ0v) is 19.0. The van der Waals surface area contributed by atoms with Crippen molar-refractivity contribution in [3.63, 3.8) is 0 Å². The number of fused-ring (bicyclic) bond motifs is 5. The maximum absolute atomic E-state index is 9.11. The van der Waals surface area contributed by atoms with Gasteiger partial charge in [-0.3, -0.25) is 0 Å². The molecule has 0 atom stereocenters. The molecule has 0 unspecified atom stereocenters. The first-order valence-electron chi connectivity index (χ1n) is 12.1. The SMILES string of the molecule is N#Cc1ccc(-c2cc3n(c2)Cc2cc(N4CC5(CCCCC5)C4)ccc2-n2nnnc2-3)cc1. The highest BCUT2D eigenvalue weighted by Gasteiger charge is 2.43. The van der Waals surface area contributed by atoms with Crippen molar-refractivity contribution in [1.82, 2.24) is 24.8 Å². The normalized spacial score (nSPS) is 17.8. The van der Waals surface area contributed by atoms with Gasteiger partial charge < -0.3 is 9.47 Å². The summed E-state index contributed by atoms with van der Waals surface area (Å²) in [5.74, 6) is 0.747. The zero-order valence-electron chi connectivity index (χ0n) is 19.0. The minimum absolute atomic E-state index is 0.553. The maximum Gasteiger partial charge on any atom is 0.203 e. The van der Waals surface area contributed by atoms with Gasteiger partial charge in [0.2, 0.25) is 5.82 Å². The quantitative estimate of drug-likeness (QED) is 0.388. The summed E-state index contributed by atoms with van der Waals surface area (Å²) < 4.78 is 4.10. The highest BCUT2D eigenvalue weighted by Crippen LogP contribution is 2.46. The number of nitriles is 1. The van der Waals surface area contributed by atoms with Gasteiger partial charge in [-0.25, -0.2) is 0 Å². The highest BCUT2D eigenvalue weighted by atomic mass is 15.5. The molecule has 0 amide bonds. The van der Waals surface area contributed by atoms with Crippen molar-refractivity contribution in [3.05, 3.63) is 65.9 Å². The van der Waals surface area contributed by atoms with E-state index in [0.29, 0.717) is 11.0 Å². The van der Waals surface area contributed by atoms with Crippen LogP contribution in [0.4, 0.5) is 5.69 Å². The first-order chi connectivity index (χ1) is 16.7. The molecule has 7 rings (SSSR count). The summed E-state index contributed by atoms with van der Waals surface area (Å²) in [7, 11) is 0. The number of anilines is 1. The monoisotopic (exact) mass is 447 g/mol. The molecule has 3 aliphatic rings. The molecule has 1 saturated carbocycles. The summed E-state index contributed by atoms with van der Waals surface area (Å²) in [5, 5.41) is 21.8. The molecule has 4 aromatic rings. The minimum atomic E-state index is 0.553. The van der Waals surface area contributed by atoms with Gasteiger partial charge in [-0.2, -0.15) is 9.94 Å². The van der Waals surface area contributed by atoms with Crippen LogP contribution < -0.4 is 4.90 Å². The molecule has 168 valence electrons. The van der Waals surface area contributed by atoms with Gasteiger partial charge in [0, 0.05) is 42.5 Å². The Morgan fingerprint density at radius 1 is 0.912 bits per heavy atom. The number of benzene rings is 2. The van der Waals surface area contributed by atoms with Crippen LogP contribution in [0.2, 0.25) is 0 Å². The Morgan fingerprint density at radius 2 is 1.74 bits per heavy atom. The van der Waals surface area contributed by atoms with E-state index in [0.717, 1.165) is 34.9 Å². The summed E-state index contributed by atoms with van der Waals surface area (Å²) in [4.78, 5) is 2.54. The molecular weight excluding hydrogens is 422 g/mol. The Labute approximate surface area is 198 Å². The molecule has 1 aliphatic carbocycles. The lowest BCUT2D eigenvalue weighted by Crippen LogP contribution is -2.57. The topological polar surface area (TPSA) is 75.6 Å². The van der Waals surface area contributed by atoms with Crippen molar-refractivity contribution in [2.24, 2.45) is 5.41 Å². The van der Waals surface area contributed by atoms with Crippen molar-refractivity contribution in [3.8, 4) is 34.4 Å². The molecular formula is C27H25N7. The standard InChI is InChI=1S/C27H25N7/c28-14-19-4-6-20(7-5-19)21-13-25-26-29-30-31-34(26)24-9-8-23(12-22(24)16-32(25)15-21)33-17-27(18-33)10-2-1-3-11-27/h4-9,12-13,15H,1-3,10-11,16-18H2. The number of nitrogens with zero attached hydrogens (tertiary/aromatic N) is 7. The van der Waals surface area contributed by atoms with Gasteiger partial charge in [0.1, 0.15) is 0 Å². The molecule has 34 heavy (non-hydrogen) atoms. The number of hydrogen-bond donors (Lipinski definition) is 0. The Kier molecular flexibility index (Phi) is 4.19. The first kappa shape index (κ1) is 19.5. The van der Waals surface area contributed by atoms with Crippen molar-refractivity contribution in [2.75, 3.05) is 18.0 Å². The summed E-state index contributed by atoms with van der Waals surface area (Å²) >= 11 is 0. The number of hydrogen-bond acceptors (Lipinski definition) is 5. The smallest absolute Gasteiger partial charge is 0.203 e. The molecule has 1 saturated heterocycles. The summed E-state index contributed by atoms with van der Waals surface area (Å²) in [6.45, 7) is 3.11. The number of tetrazole rings is 1. The van der Waals surface area contributed by atoms with Crippen molar-refractivity contribution >= 4 is 5.69 Å². The van der Waals surface area contributed by atoms with Gasteiger partial charge in [-0.1, -0.05) is 31.4 Å². The van der Waals surface area contributed by atoms with Crippen LogP contribution in [0.1, 0.15) is 43.2 Å². The Morgan fingerprint density at radius 3 is 2.53 bits per heavy atom. The van der Waals surface area contributed by atoms with Crippen LogP contribution in [0.5, 0.6) is 0 Å². The van der Waals surface area contributed by atoms with Crippen molar-refractivity contribution < 1.29 is 0 Å². The highest BCUT2D eigenvalue weighted by molar-refractivity contribution is 5.72. The molecule has 2 aromatic heterocycles. The lowest BCUT2D eigenvalue weighted by Gasteiger charge is -2.53. The van der Waals surface area contributed by atoms with E-state index in [1.54, 1.807) is 0 Å². The number of aromatic nitrogens is 5. The molecule has 2 aromatic carbocycles. The lowest BCUT2D eigenvalue weighted by atomic mass is 9.68. The van der Waals surface area contributed by atoms with Crippen LogP contribution in [0.25, 0.3) is 28.3 Å². The van der Waals surface area contributed by atoms with Gasteiger partial charge in [0.15, 0.2) is 0 Å². The summed E-state index contributed by atoms with van der Waals surface area (Å²) in [6, 6.07) is 18.7. The van der Waals surface area contributed by atoms with Crippen LogP contribution in [0.15, 0.2) is 54.7 Å². The fourth-order valence-corrected chi connectivity index (χ4v) is 6.08. The van der Waals surface area contributed by atoms with Crippen LogP contribution >= 0.6 is 0 Å². The van der Waals surface area contributed by atoms with Crippen molar-refractivity contribution in [1.29, 1.82) is 5.26 Å². The molecule has 0 radical (unpaired) electrons. The zero-order chi connectivity index (χ0) is 22.7. The van der Waals surface area contributed by atoms with E-state index >= 15 is 0 Å². The van der Waals surface area contributed by atoms with E-state index in [9.17, 15) is 0 Å². The molecule has 7 nitrogen and oxygen atoms in total. The Bertz CT molecular complexity index is 1420. The third-order valence-corrected chi connectivity index (χ3v) is 7.91. The predicted octanol–water partition coefficient (Wildman–Crippen LogP) is 4.80. The molecule has 7 heteroatoms. The van der Waals surface area contributed by atoms with E-state index in [-0.39, 0.29) is 0 Å². The second-order valence-corrected chi connectivity index (χ2v) is 10.1. The molecule has 2 fully saturated rings. The van der Waals surface area contributed by atoms with E-state index in [4.69, 9.17) is 5.26 Å². The van der Waals surface area contributed by atoms with Crippen LogP contribution in [-0.2, 0) is 6.54 Å².